The third-order valence-electron chi connectivity index (χ3n) is 3.77. The quantitative estimate of drug-likeness (QED) is 0.540. The van der Waals surface area contributed by atoms with Crippen LogP contribution in [0.5, 0.6) is 0 Å². The summed E-state index contributed by atoms with van der Waals surface area (Å²) in [5.41, 5.74) is 4.24. The highest BCUT2D eigenvalue weighted by atomic mass is 15.5. The van der Waals surface area contributed by atoms with Crippen molar-refractivity contribution in [2.75, 3.05) is 12.1 Å². The lowest BCUT2D eigenvalue weighted by Gasteiger charge is -2.16. The summed E-state index contributed by atoms with van der Waals surface area (Å²) in [7, 11) is 1.92. The van der Waals surface area contributed by atoms with E-state index in [9.17, 15) is 0 Å². The molecule has 0 saturated carbocycles. The number of fused-ring (bicyclic) bond motifs is 1. The lowest BCUT2D eigenvalue weighted by Crippen LogP contribution is -2.15. The highest BCUT2D eigenvalue weighted by molar-refractivity contribution is 5.99. The number of hydrazone groups is 1. The van der Waals surface area contributed by atoms with E-state index in [4.69, 9.17) is 5.10 Å². The van der Waals surface area contributed by atoms with Gasteiger partial charge in [-0.25, -0.2) is 9.97 Å². The van der Waals surface area contributed by atoms with Gasteiger partial charge in [-0.1, -0.05) is 42.0 Å². The van der Waals surface area contributed by atoms with Gasteiger partial charge in [-0.15, -0.1) is 0 Å². The first-order chi connectivity index (χ1) is 11.0. The van der Waals surface area contributed by atoms with Gasteiger partial charge in [0.1, 0.15) is 5.82 Å². The monoisotopic (exact) mass is 304 g/mol. The van der Waals surface area contributed by atoms with Crippen LogP contribution < -0.4 is 5.01 Å². The number of nitrogens with zero attached hydrogens (tertiary/aromatic N) is 4. The van der Waals surface area contributed by atoms with Gasteiger partial charge in [-0.05, 0) is 38.5 Å². The average Bonchev–Trinajstić information content (AvgIpc) is 2.54. The van der Waals surface area contributed by atoms with Crippen molar-refractivity contribution in [3.05, 3.63) is 65.5 Å². The summed E-state index contributed by atoms with van der Waals surface area (Å²) in [5, 5.41) is 7.52. The van der Waals surface area contributed by atoms with Crippen LogP contribution in [0.15, 0.2) is 53.6 Å². The normalized spacial score (nSPS) is 11.7. The van der Waals surface area contributed by atoms with Gasteiger partial charge in [0.15, 0.2) is 5.82 Å². The Labute approximate surface area is 136 Å². The predicted molar refractivity (Wildman–Crippen MR) is 96.1 cm³/mol. The molecule has 116 valence electrons. The molecular weight excluding hydrogens is 284 g/mol. The van der Waals surface area contributed by atoms with Crippen LogP contribution in [0.4, 0.5) is 5.82 Å². The summed E-state index contributed by atoms with van der Waals surface area (Å²) in [6.45, 7) is 6.00. The Morgan fingerprint density at radius 3 is 2.39 bits per heavy atom. The number of anilines is 1. The van der Waals surface area contributed by atoms with E-state index in [1.807, 2.05) is 50.2 Å². The Morgan fingerprint density at radius 2 is 1.65 bits per heavy atom. The van der Waals surface area contributed by atoms with Gasteiger partial charge in [0.25, 0.3) is 0 Å². The van der Waals surface area contributed by atoms with Gasteiger partial charge < -0.3 is 0 Å². The van der Waals surface area contributed by atoms with Crippen LogP contribution in [0.2, 0.25) is 0 Å². The molecule has 0 amide bonds. The van der Waals surface area contributed by atoms with Crippen molar-refractivity contribution in [1.29, 1.82) is 0 Å². The second-order valence-corrected chi connectivity index (χ2v) is 5.69. The number of rotatable bonds is 3. The fourth-order valence-corrected chi connectivity index (χ4v) is 2.54. The molecule has 2 aromatic carbocycles. The van der Waals surface area contributed by atoms with Gasteiger partial charge >= 0.3 is 0 Å². The minimum atomic E-state index is 0.744. The maximum Gasteiger partial charge on any atom is 0.160 e. The zero-order chi connectivity index (χ0) is 16.4. The first-order valence-corrected chi connectivity index (χ1v) is 7.64. The Kier molecular flexibility index (Phi) is 4.06. The maximum absolute atomic E-state index is 4.70. The molecule has 4 nitrogen and oxygen atoms in total. The zero-order valence-electron chi connectivity index (χ0n) is 13.9. The van der Waals surface area contributed by atoms with Crippen LogP contribution in [-0.2, 0) is 0 Å². The summed E-state index contributed by atoms with van der Waals surface area (Å²) in [6, 6.07) is 16.4. The highest BCUT2D eigenvalue weighted by Crippen LogP contribution is 2.23. The van der Waals surface area contributed by atoms with Crippen molar-refractivity contribution < 1.29 is 0 Å². The van der Waals surface area contributed by atoms with E-state index < -0.39 is 0 Å². The van der Waals surface area contributed by atoms with E-state index in [0.717, 1.165) is 33.8 Å². The molecule has 0 atom stereocenters. The smallest absolute Gasteiger partial charge is 0.160 e. The van der Waals surface area contributed by atoms with E-state index in [1.165, 1.54) is 5.56 Å². The number of aromatic nitrogens is 2. The average molecular weight is 304 g/mol. The number of aryl methyl sites for hydroxylation is 2. The molecule has 0 radical (unpaired) electrons. The Bertz CT molecular complexity index is 866. The first-order valence-electron chi connectivity index (χ1n) is 7.64. The molecule has 0 saturated heterocycles. The Balaban J connectivity index is 2.01. The van der Waals surface area contributed by atoms with Crippen molar-refractivity contribution in [1.82, 2.24) is 9.97 Å². The minimum Gasteiger partial charge on any atom is -0.250 e. The SMILES string of the molecule is C/C(=N/N(C)c1nc(C)nc2ccccc12)c1ccc(C)cc1. The summed E-state index contributed by atoms with van der Waals surface area (Å²) in [4.78, 5) is 9.05. The second kappa shape index (κ2) is 6.16. The third-order valence-corrected chi connectivity index (χ3v) is 3.77. The standard InChI is InChI=1S/C19H20N4/c1-13-9-11-16(12-10-13)14(2)22-23(4)19-17-7-5-6-8-18(17)20-15(3)21-19/h5-12H,1-4H3/b22-14-. The predicted octanol–water partition coefficient (Wildman–Crippen LogP) is 4.11. The summed E-state index contributed by atoms with van der Waals surface area (Å²) < 4.78 is 0. The lowest BCUT2D eigenvalue weighted by molar-refractivity contribution is 0.955. The molecule has 0 aliphatic rings. The van der Waals surface area contributed by atoms with Crippen LogP contribution in [0.3, 0.4) is 0 Å². The minimum absolute atomic E-state index is 0.744. The largest absolute Gasteiger partial charge is 0.250 e. The van der Waals surface area contributed by atoms with Crippen molar-refractivity contribution in [3.63, 3.8) is 0 Å². The zero-order valence-corrected chi connectivity index (χ0v) is 13.9. The van der Waals surface area contributed by atoms with E-state index in [1.54, 1.807) is 0 Å². The molecule has 0 fully saturated rings. The maximum atomic E-state index is 4.70. The number of para-hydroxylation sites is 1. The molecule has 0 N–H and O–H groups in total. The molecule has 0 spiro atoms. The molecule has 1 heterocycles. The van der Waals surface area contributed by atoms with E-state index in [2.05, 4.69) is 41.2 Å². The Hall–Kier alpha value is -2.75. The van der Waals surface area contributed by atoms with Gasteiger partial charge in [0.05, 0.1) is 11.2 Å². The van der Waals surface area contributed by atoms with Crippen molar-refractivity contribution in [2.24, 2.45) is 5.10 Å². The molecule has 0 unspecified atom stereocenters. The van der Waals surface area contributed by atoms with Crippen molar-refractivity contribution in [3.8, 4) is 0 Å². The van der Waals surface area contributed by atoms with Gasteiger partial charge in [-0.2, -0.15) is 5.10 Å². The van der Waals surface area contributed by atoms with Crippen LogP contribution >= 0.6 is 0 Å². The molecule has 3 rings (SSSR count). The van der Waals surface area contributed by atoms with Crippen LogP contribution in [0, 0.1) is 13.8 Å². The molecule has 1 aromatic heterocycles. The Morgan fingerprint density at radius 1 is 0.957 bits per heavy atom. The van der Waals surface area contributed by atoms with Crippen LogP contribution in [0.25, 0.3) is 10.9 Å². The second-order valence-electron chi connectivity index (χ2n) is 5.69. The third kappa shape index (κ3) is 3.21. The van der Waals surface area contributed by atoms with Gasteiger partial charge in [0.2, 0.25) is 0 Å². The first kappa shape index (κ1) is 15.2. The highest BCUT2D eigenvalue weighted by Gasteiger charge is 2.10. The topological polar surface area (TPSA) is 41.4 Å². The molecule has 0 aliphatic carbocycles. The summed E-state index contributed by atoms with van der Waals surface area (Å²) >= 11 is 0. The fraction of sp³-hybridized carbons (Fsp3) is 0.211. The summed E-state index contributed by atoms with van der Waals surface area (Å²) in [5.74, 6) is 1.56. The number of hydrogen-bond acceptors (Lipinski definition) is 4. The van der Waals surface area contributed by atoms with Crippen molar-refractivity contribution in [2.45, 2.75) is 20.8 Å². The van der Waals surface area contributed by atoms with Crippen LogP contribution in [0.1, 0.15) is 23.9 Å². The molecule has 4 heteroatoms. The van der Waals surface area contributed by atoms with Gasteiger partial charge in [-0.3, -0.25) is 5.01 Å². The molecule has 3 aromatic rings. The summed E-state index contributed by atoms with van der Waals surface area (Å²) in [6.07, 6.45) is 0. The fourth-order valence-electron chi connectivity index (χ4n) is 2.54. The number of benzene rings is 2. The molecule has 0 bridgehead atoms. The van der Waals surface area contributed by atoms with Crippen LogP contribution in [-0.4, -0.2) is 22.7 Å². The van der Waals surface area contributed by atoms with Crippen molar-refractivity contribution >= 4 is 22.4 Å². The molecular formula is C19H20N4. The molecule has 23 heavy (non-hydrogen) atoms. The lowest BCUT2D eigenvalue weighted by atomic mass is 10.1. The van der Waals surface area contributed by atoms with E-state index in [0.29, 0.717) is 0 Å². The number of hydrogen-bond donors (Lipinski definition) is 0. The van der Waals surface area contributed by atoms with E-state index in [-0.39, 0.29) is 0 Å². The van der Waals surface area contributed by atoms with E-state index >= 15 is 0 Å². The van der Waals surface area contributed by atoms with Gasteiger partial charge in [0, 0.05) is 12.4 Å². The molecule has 0 aliphatic heterocycles.